The Bertz CT molecular complexity index is 1140. The lowest BCUT2D eigenvalue weighted by Gasteiger charge is -2.40. The third-order valence-electron chi connectivity index (χ3n) is 6.12. The van der Waals surface area contributed by atoms with Crippen molar-refractivity contribution in [3.8, 4) is 11.4 Å². The first-order valence-corrected chi connectivity index (χ1v) is 11.1. The zero-order chi connectivity index (χ0) is 24.3. The van der Waals surface area contributed by atoms with E-state index >= 15 is 0 Å². The highest BCUT2D eigenvalue weighted by molar-refractivity contribution is 6.01. The van der Waals surface area contributed by atoms with E-state index in [1.807, 2.05) is 30.0 Å². The van der Waals surface area contributed by atoms with Crippen LogP contribution >= 0.6 is 0 Å². The maximum atomic E-state index is 13.8. The van der Waals surface area contributed by atoms with Gasteiger partial charge in [0, 0.05) is 43.4 Å². The molecule has 1 fully saturated rings. The Morgan fingerprint density at radius 2 is 1.82 bits per heavy atom. The number of anilines is 1. The molecule has 1 aliphatic heterocycles. The maximum Gasteiger partial charge on any atom is 0.419 e. The highest BCUT2D eigenvalue weighted by Gasteiger charge is 2.35. The molecule has 0 aliphatic carbocycles. The SMILES string of the molecule is Cc1cccc(-c2ncccn2)c1C(=O)N1CCC[C@@H](C)C1CNc1ncc(C(F)(F)F)cn1. The summed E-state index contributed by atoms with van der Waals surface area (Å²) in [6, 6.07) is 7.13. The smallest absolute Gasteiger partial charge is 0.352 e. The zero-order valence-electron chi connectivity index (χ0n) is 18.9. The number of piperidine rings is 1. The van der Waals surface area contributed by atoms with Gasteiger partial charge in [0.1, 0.15) is 0 Å². The van der Waals surface area contributed by atoms with E-state index in [1.165, 1.54) is 0 Å². The predicted molar refractivity (Wildman–Crippen MR) is 121 cm³/mol. The van der Waals surface area contributed by atoms with Crippen molar-refractivity contribution in [2.45, 2.75) is 38.9 Å². The predicted octanol–water partition coefficient (Wildman–Crippen LogP) is 4.61. The van der Waals surface area contributed by atoms with Gasteiger partial charge in [-0.05, 0) is 37.3 Å². The van der Waals surface area contributed by atoms with Crippen molar-refractivity contribution >= 4 is 11.9 Å². The lowest BCUT2D eigenvalue weighted by Crippen LogP contribution is -2.51. The van der Waals surface area contributed by atoms with E-state index in [0.717, 1.165) is 30.8 Å². The fourth-order valence-corrected chi connectivity index (χ4v) is 4.29. The van der Waals surface area contributed by atoms with Gasteiger partial charge in [0.2, 0.25) is 5.95 Å². The molecule has 4 rings (SSSR count). The van der Waals surface area contributed by atoms with Crippen molar-refractivity contribution in [1.82, 2.24) is 24.8 Å². The van der Waals surface area contributed by atoms with E-state index in [2.05, 4.69) is 32.2 Å². The summed E-state index contributed by atoms with van der Waals surface area (Å²) in [7, 11) is 0. The van der Waals surface area contributed by atoms with E-state index in [-0.39, 0.29) is 23.8 Å². The molecule has 0 radical (unpaired) electrons. The van der Waals surface area contributed by atoms with Gasteiger partial charge in [-0.25, -0.2) is 19.9 Å². The molecular formula is C24H25F3N6O. The number of rotatable bonds is 5. The third-order valence-corrected chi connectivity index (χ3v) is 6.12. The van der Waals surface area contributed by atoms with Gasteiger partial charge < -0.3 is 10.2 Å². The number of benzene rings is 1. The highest BCUT2D eigenvalue weighted by atomic mass is 19.4. The lowest BCUT2D eigenvalue weighted by molar-refractivity contribution is -0.138. The number of amides is 1. The highest BCUT2D eigenvalue weighted by Crippen LogP contribution is 2.31. The summed E-state index contributed by atoms with van der Waals surface area (Å²) in [5, 5.41) is 3.01. The zero-order valence-corrected chi connectivity index (χ0v) is 18.9. The van der Waals surface area contributed by atoms with Crippen LogP contribution in [0.25, 0.3) is 11.4 Å². The molecule has 1 aromatic carbocycles. The first kappa shape index (κ1) is 23.6. The van der Waals surface area contributed by atoms with E-state index in [4.69, 9.17) is 0 Å². The van der Waals surface area contributed by atoms with Crippen LogP contribution in [-0.4, -0.2) is 49.9 Å². The van der Waals surface area contributed by atoms with Crippen molar-refractivity contribution < 1.29 is 18.0 Å². The van der Waals surface area contributed by atoms with Crippen molar-refractivity contribution in [2.24, 2.45) is 5.92 Å². The molecule has 7 nitrogen and oxygen atoms in total. The van der Waals surface area contributed by atoms with Crippen LogP contribution in [0.3, 0.4) is 0 Å². The average molecular weight is 470 g/mol. The molecule has 0 bridgehead atoms. The second kappa shape index (κ2) is 9.74. The molecule has 1 unspecified atom stereocenters. The normalized spacial score (nSPS) is 18.6. The van der Waals surface area contributed by atoms with Gasteiger partial charge in [-0.2, -0.15) is 13.2 Å². The quantitative estimate of drug-likeness (QED) is 0.586. The number of carbonyl (C=O) groups excluding carboxylic acids is 1. The topological polar surface area (TPSA) is 83.9 Å². The molecule has 3 heterocycles. The number of alkyl halides is 3. The molecule has 1 amide bonds. The number of halogens is 3. The summed E-state index contributed by atoms with van der Waals surface area (Å²) in [5.74, 6) is 0.632. The molecule has 1 N–H and O–H groups in total. The van der Waals surface area contributed by atoms with Crippen molar-refractivity contribution in [3.05, 3.63) is 65.7 Å². The van der Waals surface area contributed by atoms with Gasteiger partial charge >= 0.3 is 6.18 Å². The summed E-state index contributed by atoms with van der Waals surface area (Å²) >= 11 is 0. The number of hydrogen-bond acceptors (Lipinski definition) is 6. The Hall–Kier alpha value is -3.56. The molecule has 10 heteroatoms. The minimum atomic E-state index is -4.49. The first-order valence-electron chi connectivity index (χ1n) is 11.1. The fraction of sp³-hybridized carbons (Fsp3) is 0.375. The molecule has 2 aromatic heterocycles. The van der Waals surface area contributed by atoms with Gasteiger partial charge in [0.15, 0.2) is 5.82 Å². The molecule has 1 saturated heterocycles. The van der Waals surface area contributed by atoms with Crippen LogP contribution < -0.4 is 5.32 Å². The Balaban J connectivity index is 1.58. The minimum absolute atomic E-state index is 0.0902. The molecule has 178 valence electrons. The van der Waals surface area contributed by atoms with Gasteiger partial charge in [-0.3, -0.25) is 4.79 Å². The summed E-state index contributed by atoms with van der Waals surface area (Å²) < 4.78 is 38.3. The summed E-state index contributed by atoms with van der Waals surface area (Å²) in [6.07, 6.45) is 2.09. The molecule has 0 spiro atoms. The summed E-state index contributed by atoms with van der Waals surface area (Å²) in [4.78, 5) is 31.9. The van der Waals surface area contributed by atoms with E-state index in [9.17, 15) is 18.0 Å². The Morgan fingerprint density at radius 1 is 1.12 bits per heavy atom. The lowest BCUT2D eigenvalue weighted by atomic mass is 9.89. The number of carbonyl (C=O) groups is 1. The van der Waals surface area contributed by atoms with Crippen LogP contribution in [0.15, 0.2) is 49.1 Å². The molecule has 2 atom stereocenters. The van der Waals surface area contributed by atoms with Crippen LogP contribution in [0, 0.1) is 12.8 Å². The van der Waals surface area contributed by atoms with Crippen molar-refractivity contribution in [3.63, 3.8) is 0 Å². The monoisotopic (exact) mass is 470 g/mol. The number of aryl methyl sites for hydroxylation is 1. The Labute approximate surface area is 195 Å². The third kappa shape index (κ3) is 5.00. The van der Waals surface area contributed by atoms with Crippen LogP contribution in [0.5, 0.6) is 0 Å². The van der Waals surface area contributed by atoms with Gasteiger partial charge in [0.25, 0.3) is 5.91 Å². The second-order valence-electron chi connectivity index (χ2n) is 8.43. The number of nitrogens with zero attached hydrogens (tertiary/aromatic N) is 5. The van der Waals surface area contributed by atoms with Crippen LogP contribution in [-0.2, 0) is 6.18 Å². The number of likely N-dealkylation sites (tertiary alicyclic amines) is 1. The van der Waals surface area contributed by atoms with Crippen LogP contribution in [0.4, 0.5) is 19.1 Å². The van der Waals surface area contributed by atoms with Gasteiger partial charge in [-0.1, -0.05) is 25.1 Å². The molecule has 1 aliphatic rings. The Kier molecular flexibility index (Phi) is 6.76. The van der Waals surface area contributed by atoms with Crippen molar-refractivity contribution in [2.75, 3.05) is 18.4 Å². The van der Waals surface area contributed by atoms with Gasteiger partial charge in [-0.15, -0.1) is 0 Å². The standard InChI is InChI=1S/C24H25F3N6O/c1-15-7-4-11-33(19(15)14-32-23-30-12-17(13-31-23)24(25,26)27)22(34)20-16(2)6-3-8-18(20)21-28-9-5-10-29-21/h3,5-6,8-10,12-13,15,19H,4,7,11,14H2,1-2H3,(H,30,31,32)/t15-,19?/m1/s1. The van der Waals surface area contributed by atoms with Crippen LogP contribution in [0.2, 0.25) is 0 Å². The largest absolute Gasteiger partial charge is 0.419 e. The maximum absolute atomic E-state index is 13.8. The molecular weight excluding hydrogens is 445 g/mol. The fourth-order valence-electron chi connectivity index (χ4n) is 4.29. The Morgan fingerprint density at radius 3 is 2.50 bits per heavy atom. The number of nitrogens with one attached hydrogen (secondary N) is 1. The van der Waals surface area contributed by atoms with E-state index in [1.54, 1.807) is 18.5 Å². The summed E-state index contributed by atoms with van der Waals surface area (Å²) in [5.41, 5.74) is 1.14. The second-order valence-corrected chi connectivity index (χ2v) is 8.43. The van der Waals surface area contributed by atoms with Gasteiger partial charge in [0.05, 0.1) is 17.2 Å². The number of hydrogen-bond donors (Lipinski definition) is 1. The van der Waals surface area contributed by atoms with E-state index in [0.29, 0.717) is 30.0 Å². The molecule has 34 heavy (non-hydrogen) atoms. The number of aromatic nitrogens is 4. The first-order chi connectivity index (χ1) is 16.3. The average Bonchev–Trinajstić information content (AvgIpc) is 2.83. The van der Waals surface area contributed by atoms with E-state index < -0.39 is 11.7 Å². The molecule has 0 saturated carbocycles. The summed E-state index contributed by atoms with van der Waals surface area (Å²) in [6.45, 7) is 4.85. The molecule has 3 aromatic rings. The van der Waals surface area contributed by atoms with Crippen molar-refractivity contribution in [1.29, 1.82) is 0 Å². The van der Waals surface area contributed by atoms with Crippen LogP contribution in [0.1, 0.15) is 41.3 Å². The minimum Gasteiger partial charge on any atom is -0.352 e.